The summed E-state index contributed by atoms with van der Waals surface area (Å²) < 4.78 is 16.7. The molecular weight excluding hydrogens is 335 g/mol. The first-order valence-corrected chi connectivity index (χ1v) is 10.2. The molecule has 0 aliphatic heterocycles. The summed E-state index contributed by atoms with van der Waals surface area (Å²) in [6, 6.07) is 0. The molecule has 8 atom stereocenters. The Morgan fingerprint density at radius 2 is 1.85 bits per heavy atom. The van der Waals surface area contributed by atoms with Crippen molar-refractivity contribution in [2.45, 2.75) is 77.0 Å². The maximum atomic E-state index is 16.7. The second-order valence-electron chi connectivity index (χ2n) is 9.90. The van der Waals surface area contributed by atoms with Crippen molar-refractivity contribution in [3.63, 3.8) is 0 Å². The zero-order valence-corrected chi connectivity index (χ0v) is 15.8. The number of ketones is 2. The molecule has 4 aliphatic rings. The Morgan fingerprint density at radius 1 is 1.15 bits per heavy atom. The lowest BCUT2D eigenvalue weighted by molar-refractivity contribution is -0.201. The van der Waals surface area contributed by atoms with Gasteiger partial charge in [-0.15, -0.1) is 0 Å². The summed E-state index contributed by atoms with van der Waals surface area (Å²) in [4.78, 5) is 25.5. The van der Waals surface area contributed by atoms with Gasteiger partial charge in [0, 0.05) is 23.7 Å². The predicted octanol–water partition coefficient (Wildman–Crippen LogP) is 2.84. The van der Waals surface area contributed by atoms with Gasteiger partial charge >= 0.3 is 0 Å². The standard InChI is InChI=1S/C21H31FO4/c1-19-10-18(26)21(22)15(14(19)5-6-16(19)17(25)11-23)4-3-12-9-13(24)7-8-20(12,21)2/h12-16,23-24H,3-11H2,1-2H3/t12-,13+,14+,15+,16-,19+,20+,21+/m1/s1. The van der Waals surface area contributed by atoms with Crippen molar-refractivity contribution >= 4 is 11.6 Å². The minimum absolute atomic E-state index is 0.0234. The van der Waals surface area contributed by atoms with Crippen molar-refractivity contribution in [3.05, 3.63) is 0 Å². The van der Waals surface area contributed by atoms with Crippen LogP contribution in [0.2, 0.25) is 0 Å². The molecule has 4 saturated carbocycles. The van der Waals surface area contributed by atoms with Gasteiger partial charge in [0.25, 0.3) is 0 Å². The van der Waals surface area contributed by atoms with E-state index in [2.05, 4.69) is 0 Å². The number of Topliss-reactive ketones (excluding diaryl/α,β-unsaturated/α-hetero) is 2. The second kappa shape index (κ2) is 5.84. The largest absolute Gasteiger partial charge is 0.393 e. The average Bonchev–Trinajstić information content (AvgIpc) is 2.93. The van der Waals surface area contributed by atoms with Crippen LogP contribution >= 0.6 is 0 Å². The van der Waals surface area contributed by atoms with Gasteiger partial charge in [0.2, 0.25) is 0 Å². The number of rotatable bonds is 2. The Labute approximate surface area is 154 Å². The Hall–Kier alpha value is -0.810. The predicted molar refractivity (Wildman–Crippen MR) is 94.1 cm³/mol. The van der Waals surface area contributed by atoms with Gasteiger partial charge in [-0.3, -0.25) is 9.59 Å². The van der Waals surface area contributed by atoms with Gasteiger partial charge in [0.1, 0.15) is 6.61 Å². The number of hydrogen-bond donors (Lipinski definition) is 2. The minimum atomic E-state index is -1.84. The van der Waals surface area contributed by atoms with Crippen LogP contribution in [0.25, 0.3) is 0 Å². The molecule has 0 heterocycles. The van der Waals surface area contributed by atoms with Gasteiger partial charge in [0.05, 0.1) is 6.10 Å². The van der Waals surface area contributed by atoms with Crippen LogP contribution in [-0.4, -0.2) is 40.2 Å². The highest BCUT2D eigenvalue weighted by atomic mass is 19.1. The molecule has 0 aromatic carbocycles. The lowest BCUT2D eigenvalue weighted by Gasteiger charge is -2.62. The number of alkyl halides is 1. The minimum Gasteiger partial charge on any atom is -0.393 e. The van der Waals surface area contributed by atoms with E-state index in [0.29, 0.717) is 32.1 Å². The lowest BCUT2D eigenvalue weighted by Crippen LogP contribution is -2.67. The Balaban J connectivity index is 1.73. The van der Waals surface area contributed by atoms with Gasteiger partial charge in [-0.1, -0.05) is 13.8 Å². The fraction of sp³-hybridized carbons (Fsp3) is 0.905. The van der Waals surface area contributed by atoms with Crippen LogP contribution in [0, 0.1) is 34.5 Å². The zero-order chi connectivity index (χ0) is 18.9. The van der Waals surface area contributed by atoms with Crippen LogP contribution in [0.4, 0.5) is 4.39 Å². The molecule has 0 saturated heterocycles. The van der Waals surface area contributed by atoms with E-state index in [-0.39, 0.29) is 47.8 Å². The molecule has 4 fully saturated rings. The zero-order valence-electron chi connectivity index (χ0n) is 15.8. The molecule has 0 aromatic heterocycles. The highest BCUT2D eigenvalue weighted by Gasteiger charge is 2.72. The van der Waals surface area contributed by atoms with Gasteiger partial charge in [-0.05, 0) is 62.2 Å². The molecule has 146 valence electrons. The summed E-state index contributed by atoms with van der Waals surface area (Å²) in [6.45, 7) is 3.41. The van der Waals surface area contributed by atoms with E-state index in [1.165, 1.54) is 0 Å². The van der Waals surface area contributed by atoms with Gasteiger partial charge < -0.3 is 10.2 Å². The van der Waals surface area contributed by atoms with E-state index in [4.69, 9.17) is 0 Å². The highest BCUT2D eigenvalue weighted by molar-refractivity contribution is 5.92. The smallest absolute Gasteiger partial charge is 0.177 e. The maximum Gasteiger partial charge on any atom is 0.177 e. The van der Waals surface area contributed by atoms with Crippen LogP contribution in [0.1, 0.15) is 65.2 Å². The van der Waals surface area contributed by atoms with E-state index in [9.17, 15) is 19.8 Å². The first kappa shape index (κ1) is 18.5. The van der Waals surface area contributed by atoms with E-state index < -0.39 is 23.1 Å². The normalized spacial score (nSPS) is 53.6. The Morgan fingerprint density at radius 3 is 2.54 bits per heavy atom. The molecule has 4 aliphatic carbocycles. The molecule has 2 N–H and O–H groups in total. The Bertz CT molecular complexity index is 636. The number of aliphatic hydroxyl groups is 2. The fourth-order valence-electron chi connectivity index (χ4n) is 7.59. The van der Waals surface area contributed by atoms with Gasteiger partial charge in [0.15, 0.2) is 17.2 Å². The van der Waals surface area contributed by atoms with Crippen molar-refractivity contribution in [2.75, 3.05) is 6.61 Å². The molecule has 0 radical (unpaired) electrons. The van der Waals surface area contributed by atoms with E-state index in [1.807, 2.05) is 13.8 Å². The second-order valence-corrected chi connectivity index (χ2v) is 9.90. The summed E-state index contributed by atoms with van der Waals surface area (Å²) in [7, 11) is 0. The van der Waals surface area contributed by atoms with Crippen LogP contribution < -0.4 is 0 Å². The third-order valence-electron chi connectivity index (χ3n) is 9.01. The quantitative estimate of drug-likeness (QED) is 0.788. The summed E-state index contributed by atoms with van der Waals surface area (Å²) in [5.74, 6) is -1.11. The first-order valence-electron chi connectivity index (χ1n) is 10.2. The number of carbonyl (C=O) groups excluding carboxylic acids is 2. The number of fused-ring (bicyclic) bond motifs is 5. The molecule has 0 aromatic rings. The third kappa shape index (κ3) is 2.13. The summed E-state index contributed by atoms with van der Waals surface area (Å²) in [5.41, 5.74) is -3.06. The van der Waals surface area contributed by atoms with E-state index >= 15 is 4.39 Å². The molecule has 5 heteroatoms. The van der Waals surface area contributed by atoms with Crippen molar-refractivity contribution in [1.29, 1.82) is 0 Å². The van der Waals surface area contributed by atoms with E-state index in [0.717, 1.165) is 12.8 Å². The van der Waals surface area contributed by atoms with Crippen molar-refractivity contribution in [3.8, 4) is 0 Å². The number of halogens is 1. The van der Waals surface area contributed by atoms with Crippen molar-refractivity contribution in [1.82, 2.24) is 0 Å². The monoisotopic (exact) mass is 366 g/mol. The first-order chi connectivity index (χ1) is 12.2. The molecular formula is C21H31FO4. The Kier molecular flexibility index (Phi) is 4.17. The summed E-state index contributed by atoms with van der Waals surface area (Å²) in [6.07, 6.45) is 4.36. The van der Waals surface area contributed by atoms with Crippen molar-refractivity contribution in [2.24, 2.45) is 34.5 Å². The van der Waals surface area contributed by atoms with Gasteiger partial charge in [-0.25, -0.2) is 4.39 Å². The lowest BCUT2D eigenvalue weighted by atomic mass is 9.42. The molecule has 0 bridgehead atoms. The van der Waals surface area contributed by atoms with E-state index in [1.54, 1.807) is 0 Å². The van der Waals surface area contributed by atoms with Crippen LogP contribution in [0.3, 0.4) is 0 Å². The number of carbonyl (C=O) groups is 2. The summed E-state index contributed by atoms with van der Waals surface area (Å²) in [5, 5.41) is 19.4. The average molecular weight is 366 g/mol. The molecule has 4 nitrogen and oxygen atoms in total. The summed E-state index contributed by atoms with van der Waals surface area (Å²) >= 11 is 0. The van der Waals surface area contributed by atoms with Gasteiger partial charge in [-0.2, -0.15) is 0 Å². The van der Waals surface area contributed by atoms with Crippen LogP contribution in [0.15, 0.2) is 0 Å². The molecule has 0 unspecified atom stereocenters. The fourth-order valence-corrected chi connectivity index (χ4v) is 7.59. The highest BCUT2D eigenvalue weighted by Crippen LogP contribution is 2.69. The molecule has 0 amide bonds. The number of aliphatic hydroxyl groups excluding tert-OH is 2. The molecule has 0 spiro atoms. The van der Waals surface area contributed by atoms with Crippen molar-refractivity contribution < 1.29 is 24.2 Å². The SMILES string of the molecule is C[C@]12CC(=O)[C@@]3(F)[C@@H](CC[C@@H]4C[C@@H](O)CC[C@@]43C)[C@@H]1CC[C@@H]2C(=O)CO. The third-order valence-corrected chi connectivity index (χ3v) is 9.01. The van der Waals surface area contributed by atoms with Crippen LogP contribution in [-0.2, 0) is 9.59 Å². The maximum absolute atomic E-state index is 16.7. The topological polar surface area (TPSA) is 74.6 Å². The number of hydrogen-bond acceptors (Lipinski definition) is 4. The molecule has 26 heavy (non-hydrogen) atoms. The molecule has 4 rings (SSSR count). The van der Waals surface area contributed by atoms with Crippen LogP contribution in [0.5, 0.6) is 0 Å².